The van der Waals surface area contributed by atoms with Crippen molar-refractivity contribution in [3.05, 3.63) is 59.1 Å². The van der Waals surface area contributed by atoms with Crippen molar-refractivity contribution in [2.45, 2.75) is 172 Å². The third-order valence-corrected chi connectivity index (χ3v) is 14.7. The number of aliphatic hydroxyl groups is 5. The van der Waals surface area contributed by atoms with E-state index in [1.165, 1.54) is 27.9 Å². The van der Waals surface area contributed by atoms with Crippen LogP contribution in [0.2, 0.25) is 5.02 Å². The number of ether oxygens (including phenoxy) is 6. The number of carbonyl (C=O) groups is 3. The molecule has 3 aliphatic heterocycles. The molecule has 0 radical (unpaired) electrons. The standard InChI is InChI=1S/C50H75ClN2O14/c1-26-24-48(7,60)44(67-47-40(55)36(53(10)11)23-27(2)63-47)29(4)41(66-38-25-49(8,62-12)43(57)31(6)64-38)30(5)46(59)65-37(50(9,61)42(56)28(3)39(26)54)21-22-52-45(58)34-15-13-32(14-16-34)33-17-19-35(51)20-18-33/h13-20,26-31,36-38,40-44,47,55-57,60-61H,21-25H2,1-12H3,(H,52,58)/t26-,27?,28+,29+,30-,31?,36?,37-,38?,40?,41+,42-,43?,44-,47?,48-,49?,50-/m1/s1. The molecule has 0 saturated carbocycles. The highest BCUT2D eigenvalue weighted by Crippen LogP contribution is 2.41. The fourth-order valence-corrected chi connectivity index (χ4v) is 10.3. The molecule has 5 rings (SSSR count). The highest BCUT2D eigenvalue weighted by Gasteiger charge is 2.53. The predicted octanol–water partition coefficient (Wildman–Crippen LogP) is 4.52. The molecule has 3 fully saturated rings. The number of amides is 1. The number of likely N-dealkylation sites (N-methyl/N-ethyl adjacent to an activating group) is 1. The minimum atomic E-state index is -2.23. The molecule has 67 heavy (non-hydrogen) atoms. The first-order valence-corrected chi connectivity index (χ1v) is 23.8. The summed E-state index contributed by atoms with van der Waals surface area (Å²) < 4.78 is 37.7. The number of halogens is 1. The number of benzene rings is 2. The molecular formula is C50H75ClN2O14. The molecule has 2 aromatic rings. The molecule has 18 atom stereocenters. The Kier molecular flexibility index (Phi) is 18.3. The van der Waals surface area contributed by atoms with Crippen LogP contribution in [0, 0.1) is 23.7 Å². The lowest BCUT2D eigenvalue weighted by Gasteiger charge is -2.49. The number of hydrogen-bond acceptors (Lipinski definition) is 15. The lowest BCUT2D eigenvalue weighted by molar-refractivity contribution is -0.318. The van der Waals surface area contributed by atoms with E-state index in [0.717, 1.165) is 11.1 Å². The van der Waals surface area contributed by atoms with Crippen LogP contribution in [-0.4, -0.2) is 160 Å². The van der Waals surface area contributed by atoms with E-state index < -0.39 is 113 Å². The third-order valence-electron chi connectivity index (χ3n) is 14.5. The molecule has 17 heteroatoms. The molecule has 8 unspecified atom stereocenters. The highest BCUT2D eigenvalue weighted by atomic mass is 35.5. The minimum Gasteiger partial charge on any atom is -0.459 e. The topological polar surface area (TPSA) is 223 Å². The summed E-state index contributed by atoms with van der Waals surface area (Å²) in [5, 5.41) is 62.7. The number of methoxy groups -OCH3 is 1. The van der Waals surface area contributed by atoms with E-state index >= 15 is 0 Å². The summed E-state index contributed by atoms with van der Waals surface area (Å²) in [5.41, 5.74) is -3.09. The first-order chi connectivity index (χ1) is 31.2. The van der Waals surface area contributed by atoms with Gasteiger partial charge in [0, 0.05) is 60.9 Å². The second-order valence-corrected chi connectivity index (χ2v) is 20.6. The Bertz CT molecular complexity index is 1970. The maximum atomic E-state index is 14.7. The largest absolute Gasteiger partial charge is 0.459 e. The van der Waals surface area contributed by atoms with Crippen LogP contribution < -0.4 is 5.32 Å². The van der Waals surface area contributed by atoms with E-state index in [1.807, 2.05) is 38.1 Å². The number of carbonyl (C=O) groups excluding carboxylic acids is 3. The normalized spacial score (nSPS) is 40.5. The first kappa shape index (κ1) is 54.8. The quantitative estimate of drug-likeness (QED) is 0.171. The van der Waals surface area contributed by atoms with Gasteiger partial charge in [-0.05, 0) is 104 Å². The number of rotatable bonds is 11. The van der Waals surface area contributed by atoms with E-state index in [9.17, 15) is 39.9 Å². The Morgan fingerprint density at radius 3 is 2.03 bits per heavy atom. The lowest BCUT2D eigenvalue weighted by Crippen LogP contribution is -2.61. The van der Waals surface area contributed by atoms with Gasteiger partial charge in [0.25, 0.3) is 5.91 Å². The number of cyclic esters (lactones) is 1. The van der Waals surface area contributed by atoms with Gasteiger partial charge in [-0.25, -0.2) is 0 Å². The lowest BCUT2D eigenvalue weighted by atomic mass is 9.74. The van der Waals surface area contributed by atoms with E-state index in [-0.39, 0.29) is 38.0 Å². The summed E-state index contributed by atoms with van der Waals surface area (Å²) in [5.74, 6) is -6.09. The van der Waals surface area contributed by atoms with Crippen molar-refractivity contribution < 1.29 is 68.3 Å². The molecule has 3 aliphatic rings. The zero-order chi connectivity index (χ0) is 49.9. The first-order valence-electron chi connectivity index (χ1n) is 23.4. The third kappa shape index (κ3) is 12.6. The predicted molar refractivity (Wildman–Crippen MR) is 250 cm³/mol. The van der Waals surface area contributed by atoms with Gasteiger partial charge < -0.3 is 64.2 Å². The van der Waals surface area contributed by atoms with Crippen LogP contribution in [0.25, 0.3) is 11.1 Å². The molecule has 3 heterocycles. The number of hydrogen-bond donors (Lipinski definition) is 6. The van der Waals surface area contributed by atoms with Crippen LogP contribution >= 0.6 is 11.6 Å². The Balaban J connectivity index is 1.51. The van der Waals surface area contributed by atoms with Crippen LogP contribution in [0.1, 0.15) is 98.4 Å². The zero-order valence-electron chi connectivity index (χ0n) is 41.1. The molecular weight excluding hydrogens is 888 g/mol. The van der Waals surface area contributed by atoms with E-state index in [4.69, 9.17) is 40.0 Å². The van der Waals surface area contributed by atoms with E-state index in [1.54, 1.807) is 71.0 Å². The van der Waals surface area contributed by atoms with Crippen molar-refractivity contribution in [1.29, 1.82) is 0 Å². The maximum Gasteiger partial charge on any atom is 0.311 e. The summed E-state index contributed by atoms with van der Waals surface area (Å²) in [6, 6.07) is 13.9. The van der Waals surface area contributed by atoms with Crippen molar-refractivity contribution >= 4 is 29.3 Å². The average Bonchev–Trinajstić information content (AvgIpc) is 3.27. The highest BCUT2D eigenvalue weighted by molar-refractivity contribution is 6.30. The average molecular weight is 964 g/mol. The molecule has 6 N–H and O–H groups in total. The second-order valence-electron chi connectivity index (χ2n) is 20.2. The molecule has 3 saturated heterocycles. The van der Waals surface area contributed by atoms with Gasteiger partial charge in [0.15, 0.2) is 12.6 Å². The number of Topliss-reactive ketones (excluding diaryl/α,β-unsaturated/α-hetero) is 1. The van der Waals surface area contributed by atoms with Crippen LogP contribution in [0.15, 0.2) is 48.5 Å². The van der Waals surface area contributed by atoms with Crippen molar-refractivity contribution in [1.82, 2.24) is 10.2 Å². The Labute approximate surface area is 400 Å². The van der Waals surface area contributed by atoms with Crippen molar-refractivity contribution in [2.75, 3.05) is 27.7 Å². The number of nitrogens with one attached hydrogen (secondary N) is 1. The molecule has 376 valence electrons. The number of esters is 1. The Morgan fingerprint density at radius 2 is 1.45 bits per heavy atom. The fraction of sp³-hybridized carbons (Fsp3) is 0.700. The maximum absolute atomic E-state index is 14.7. The van der Waals surface area contributed by atoms with Crippen LogP contribution in [0.3, 0.4) is 0 Å². The molecule has 0 aromatic heterocycles. The Hall–Kier alpha value is -3.10. The van der Waals surface area contributed by atoms with Crippen LogP contribution in [0.5, 0.6) is 0 Å². The second kappa shape index (κ2) is 22.3. The molecule has 16 nitrogen and oxygen atoms in total. The van der Waals surface area contributed by atoms with Gasteiger partial charge in [-0.15, -0.1) is 0 Å². The van der Waals surface area contributed by atoms with Gasteiger partial charge in [0.1, 0.15) is 29.7 Å². The van der Waals surface area contributed by atoms with Crippen LogP contribution in [-0.2, 0) is 38.0 Å². The van der Waals surface area contributed by atoms with Gasteiger partial charge in [-0.2, -0.15) is 0 Å². The smallest absolute Gasteiger partial charge is 0.311 e. The minimum absolute atomic E-state index is 0.0326. The summed E-state index contributed by atoms with van der Waals surface area (Å²) >= 11 is 6.05. The van der Waals surface area contributed by atoms with Gasteiger partial charge >= 0.3 is 5.97 Å². The number of nitrogens with zero attached hydrogens (tertiary/aromatic N) is 1. The van der Waals surface area contributed by atoms with Gasteiger partial charge in [-0.1, -0.05) is 56.6 Å². The molecule has 0 bridgehead atoms. The van der Waals surface area contributed by atoms with Crippen molar-refractivity contribution in [3.63, 3.8) is 0 Å². The number of ketones is 1. The summed E-state index contributed by atoms with van der Waals surface area (Å²) in [7, 11) is 5.13. The van der Waals surface area contributed by atoms with Gasteiger partial charge in [0.2, 0.25) is 0 Å². The number of aliphatic hydroxyl groups excluding tert-OH is 3. The van der Waals surface area contributed by atoms with Crippen molar-refractivity contribution in [3.8, 4) is 11.1 Å². The molecule has 0 aliphatic carbocycles. The zero-order valence-corrected chi connectivity index (χ0v) is 41.8. The van der Waals surface area contributed by atoms with Gasteiger partial charge in [0.05, 0.1) is 47.6 Å². The molecule has 2 aromatic carbocycles. The van der Waals surface area contributed by atoms with Gasteiger partial charge in [-0.3, -0.25) is 14.4 Å². The Morgan fingerprint density at radius 1 is 0.851 bits per heavy atom. The van der Waals surface area contributed by atoms with Crippen molar-refractivity contribution in [2.24, 2.45) is 23.7 Å². The summed E-state index contributed by atoms with van der Waals surface area (Å²) in [4.78, 5) is 44.2. The molecule has 1 amide bonds. The van der Waals surface area contributed by atoms with Crippen LogP contribution in [0.4, 0.5) is 0 Å². The summed E-state index contributed by atoms with van der Waals surface area (Å²) in [6.45, 7) is 14.2. The van der Waals surface area contributed by atoms with E-state index in [2.05, 4.69) is 5.32 Å². The monoisotopic (exact) mass is 962 g/mol. The SMILES string of the molecule is COC1(C)CC(O[C@H]2[C@H](C)[C@@H](OC3OC(C)CC(N(C)C)C3O)[C@](C)(O)C[C@@H](C)C(=O)[C@H](C)[C@@H](O)[C@](C)(O)[C@@H](CCNC(=O)c3ccc(-c4ccc(Cl)cc4)cc3)OC(=O)[C@@H]2C)OC(C)C1O. The molecule has 0 spiro atoms. The fourth-order valence-electron chi connectivity index (χ4n) is 10.1. The summed E-state index contributed by atoms with van der Waals surface area (Å²) in [6.07, 6.45) is -11.2. The van der Waals surface area contributed by atoms with E-state index in [0.29, 0.717) is 17.0 Å².